The number of imidazole rings is 1. The summed E-state index contributed by atoms with van der Waals surface area (Å²) in [6, 6.07) is 3.97. The zero-order chi connectivity index (χ0) is 13.2. The van der Waals surface area contributed by atoms with Gasteiger partial charge in [-0.1, -0.05) is 0 Å². The van der Waals surface area contributed by atoms with Crippen molar-refractivity contribution in [1.29, 1.82) is 0 Å². The molecule has 100 valence electrons. The third kappa shape index (κ3) is 2.28. The maximum absolute atomic E-state index is 10.7. The normalized spacial score (nSPS) is 14.3. The molecule has 0 spiro atoms. The van der Waals surface area contributed by atoms with Crippen molar-refractivity contribution < 1.29 is 9.90 Å². The van der Waals surface area contributed by atoms with Crippen LogP contribution in [0.2, 0.25) is 0 Å². The van der Waals surface area contributed by atoms with Crippen molar-refractivity contribution in [2.45, 2.75) is 38.6 Å². The van der Waals surface area contributed by atoms with Crippen molar-refractivity contribution in [3.63, 3.8) is 0 Å². The van der Waals surface area contributed by atoms with Crippen LogP contribution in [0.5, 0.6) is 0 Å². The minimum absolute atomic E-state index is 0.140. The van der Waals surface area contributed by atoms with Gasteiger partial charge in [-0.25, -0.2) is 4.98 Å². The molecular weight excluding hydrogens is 242 g/mol. The second-order valence-electron chi connectivity index (χ2n) is 4.91. The monoisotopic (exact) mass is 259 g/mol. The minimum atomic E-state index is -0.769. The Morgan fingerprint density at radius 2 is 2.37 bits per heavy atom. The number of hydrogen-bond acceptors (Lipinski definition) is 2. The van der Waals surface area contributed by atoms with Crippen molar-refractivity contribution in [3.05, 3.63) is 29.8 Å². The number of aryl methyl sites for hydroxylation is 1. The number of carbonyl (C=O) groups is 1. The first kappa shape index (κ1) is 12.0. The summed E-state index contributed by atoms with van der Waals surface area (Å²) in [5.74, 6) is 0.135. The minimum Gasteiger partial charge on any atom is -0.481 e. The molecule has 2 aromatic heterocycles. The topological polar surface area (TPSA) is 70.9 Å². The van der Waals surface area contributed by atoms with Gasteiger partial charge in [0, 0.05) is 24.9 Å². The van der Waals surface area contributed by atoms with Gasteiger partial charge in [-0.2, -0.15) is 0 Å². The number of aromatic nitrogens is 3. The molecule has 1 aliphatic heterocycles. The number of nitrogens with zero attached hydrogens (tertiary/aromatic N) is 2. The largest absolute Gasteiger partial charge is 0.481 e. The van der Waals surface area contributed by atoms with E-state index in [-0.39, 0.29) is 6.42 Å². The lowest BCUT2D eigenvalue weighted by Crippen LogP contribution is -2.14. The predicted octanol–water partition coefficient (Wildman–Crippen LogP) is 2.23. The number of fused-ring (bicyclic) bond motifs is 1. The third-order valence-electron chi connectivity index (χ3n) is 3.61. The second-order valence-corrected chi connectivity index (χ2v) is 4.91. The smallest absolute Gasteiger partial charge is 0.303 e. The average molecular weight is 259 g/mol. The van der Waals surface area contributed by atoms with Gasteiger partial charge < -0.3 is 14.7 Å². The second kappa shape index (κ2) is 4.91. The van der Waals surface area contributed by atoms with E-state index in [0.29, 0.717) is 6.42 Å². The van der Waals surface area contributed by atoms with Gasteiger partial charge in [0.25, 0.3) is 0 Å². The highest BCUT2D eigenvalue weighted by Crippen LogP contribution is 2.28. The van der Waals surface area contributed by atoms with E-state index in [2.05, 4.69) is 14.5 Å². The summed E-state index contributed by atoms with van der Waals surface area (Å²) in [6.45, 7) is 0.956. The summed E-state index contributed by atoms with van der Waals surface area (Å²) in [7, 11) is 0. The number of nitrogens with one attached hydrogen (secondary N) is 1. The van der Waals surface area contributed by atoms with Gasteiger partial charge in [0.1, 0.15) is 11.5 Å². The Balaban J connectivity index is 1.99. The summed E-state index contributed by atoms with van der Waals surface area (Å²) < 4.78 is 2.21. The van der Waals surface area contributed by atoms with Crippen molar-refractivity contribution in [1.82, 2.24) is 14.5 Å². The Morgan fingerprint density at radius 3 is 3.11 bits per heavy atom. The van der Waals surface area contributed by atoms with Gasteiger partial charge in [-0.3, -0.25) is 4.79 Å². The highest BCUT2D eigenvalue weighted by Gasteiger charge is 2.21. The van der Waals surface area contributed by atoms with Gasteiger partial charge >= 0.3 is 5.97 Å². The van der Waals surface area contributed by atoms with Crippen molar-refractivity contribution in [2.24, 2.45) is 0 Å². The number of hydrogen-bond donors (Lipinski definition) is 2. The van der Waals surface area contributed by atoms with E-state index < -0.39 is 5.97 Å². The van der Waals surface area contributed by atoms with Crippen molar-refractivity contribution in [2.75, 3.05) is 0 Å². The number of carboxylic acid groups (broad SMARTS) is 1. The van der Waals surface area contributed by atoms with Crippen LogP contribution in [-0.2, 0) is 24.2 Å². The van der Waals surface area contributed by atoms with Crippen LogP contribution in [0.15, 0.2) is 18.3 Å². The third-order valence-corrected chi connectivity index (χ3v) is 3.61. The summed E-state index contributed by atoms with van der Waals surface area (Å²) in [5.41, 5.74) is 3.26. The molecule has 0 bridgehead atoms. The molecule has 0 atom stereocenters. The van der Waals surface area contributed by atoms with Crippen LogP contribution in [0.1, 0.15) is 30.8 Å². The first-order valence-electron chi connectivity index (χ1n) is 6.69. The Morgan fingerprint density at radius 1 is 1.47 bits per heavy atom. The van der Waals surface area contributed by atoms with E-state index in [1.807, 2.05) is 18.3 Å². The molecule has 0 radical (unpaired) electrons. The van der Waals surface area contributed by atoms with E-state index in [9.17, 15) is 4.79 Å². The highest BCUT2D eigenvalue weighted by atomic mass is 16.4. The molecule has 3 heterocycles. The molecule has 0 unspecified atom stereocenters. The van der Waals surface area contributed by atoms with Crippen molar-refractivity contribution >= 4 is 5.97 Å². The molecule has 0 fully saturated rings. The van der Waals surface area contributed by atoms with Crippen LogP contribution in [0.3, 0.4) is 0 Å². The molecular formula is C14H17N3O2. The molecule has 5 heteroatoms. The van der Waals surface area contributed by atoms with Gasteiger partial charge in [-0.05, 0) is 31.4 Å². The van der Waals surface area contributed by atoms with Crippen LogP contribution >= 0.6 is 0 Å². The maximum Gasteiger partial charge on any atom is 0.303 e. The molecule has 3 rings (SSSR count). The van der Waals surface area contributed by atoms with Gasteiger partial charge in [0.15, 0.2) is 0 Å². The number of carboxylic acids is 1. The molecule has 1 aliphatic rings. The lowest BCUT2D eigenvalue weighted by atomic mass is 10.1. The number of aromatic amines is 1. The van der Waals surface area contributed by atoms with Crippen LogP contribution < -0.4 is 0 Å². The molecule has 0 saturated heterocycles. The van der Waals surface area contributed by atoms with Crippen LogP contribution in [0.25, 0.3) is 11.4 Å². The quantitative estimate of drug-likeness (QED) is 0.884. The van der Waals surface area contributed by atoms with E-state index in [4.69, 9.17) is 5.11 Å². The van der Waals surface area contributed by atoms with Crippen LogP contribution in [0.4, 0.5) is 0 Å². The summed E-state index contributed by atoms with van der Waals surface area (Å²) in [5, 5.41) is 8.83. The molecule has 5 nitrogen and oxygen atoms in total. The zero-order valence-corrected chi connectivity index (χ0v) is 10.7. The molecule has 0 saturated carbocycles. The molecule has 2 N–H and O–H groups in total. The van der Waals surface area contributed by atoms with Crippen LogP contribution in [0, 0.1) is 0 Å². The van der Waals surface area contributed by atoms with E-state index in [1.165, 1.54) is 12.1 Å². The fourth-order valence-corrected chi connectivity index (χ4v) is 2.72. The van der Waals surface area contributed by atoms with Gasteiger partial charge in [0.05, 0.1) is 12.1 Å². The van der Waals surface area contributed by atoms with E-state index in [1.54, 1.807) is 0 Å². The Kier molecular flexibility index (Phi) is 3.11. The Bertz CT molecular complexity index is 584. The molecule has 0 amide bonds. The summed E-state index contributed by atoms with van der Waals surface area (Å²) >= 11 is 0. The highest BCUT2D eigenvalue weighted by molar-refractivity contribution is 5.67. The first-order valence-corrected chi connectivity index (χ1v) is 6.69. The van der Waals surface area contributed by atoms with E-state index in [0.717, 1.165) is 36.6 Å². The number of aliphatic carboxylic acids is 1. The lowest BCUT2D eigenvalue weighted by molar-refractivity contribution is -0.137. The molecule has 2 aromatic rings. The van der Waals surface area contributed by atoms with E-state index >= 15 is 0 Å². The molecule has 0 aliphatic carbocycles. The fraction of sp³-hybridized carbons (Fsp3) is 0.429. The zero-order valence-electron chi connectivity index (χ0n) is 10.7. The van der Waals surface area contributed by atoms with Crippen LogP contribution in [-0.4, -0.2) is 25.6 Å². The predicted molar refractivity (Wildman–Crippen MR) is 70.9 cm³/mol. The Labute approximate surface area is 111 Å². The molecule has 19 heavy (non-hydrogen) atoms. The number of H-pyrrole nitrogens is 1. The number of rotatable bonds is 4. The molecule has 0 aromatic carbocycles. The van der Waals surface area contributed by atoms with Crippen molar-refractivity contribution in [3.8, 4) is 11.4 Å². The van der Waals surface area contributed by atoms with Gasteiger partial charge in [0.2, 0.25) is 0 Å². The standard InChI is InChI=1S/C14H17N3O2/c18-13(19)7-6-12-16-14(10-4-3-8-15-10)11-5-1-2-9-17(11)12/h3-4,8,15H,1-2,5-7,9H2,(H,18,19). The average Bonchev–Trinajstić information content (AvgIpc) is 3.03. The SMILES string of the molecule is O=C(O)CCc1nc(-c2ccc[nH]2)c2n1CCCC2. The maximum atomic E-state index is 10.7. The lowest BCUT2D eigenvalue weighted by Gasteiger charge is -2.17. The Hall–Kier alpha value is -2.04. The van der Waals surface area contributed by atoms with Gasteiger partial charge in [-0.15, -0.1) is 0 Å². The first-order chi connectivity index (χ1) is 9.25. The summed E-state index contributed by atoms with van der Waals surface area (Å²) in [6.07, 6.45) is 5.88. The summed E-state index contributed by atoms with van der Waals surface area (Å²) in [4.78, 5) is 18.6. The fourth-order valence-electron chi connectivity index (χ4n) is 2.72.